The molecule has 0 unspecified atom stereocenters. The van der Waals surface area contributed by atoms with Crippen LogP contribution in [0.1, 0.15) is 23.3 Å². The number of ether oxygens (including phenoxy) is 2. The third kappa shape index (κ3) is 7.08. The van der Waals surface area contributed by atoms with Crippen LogP contribution >= 0.6 is 0 Å². The van der Waals surface area contributed by atoms with E-state index in [1.54, 1.807) is 29.3 Å². The molecule has 1 saturated carbocycles. The van der Waals surface area contributed by atoms with Crippen molar-refractivity contribution in [2.24, 2.45) is 5.92 Å². The SMILES string of the molecule is BC(B)(B)NC(=O)c1nnc(NC(=O)C2CC2)cc1Nc1cccc(-c2cnn(CC(=O)N3CCOCC3)n2)c1OC. The number of hydrogen-bond acceptors (Lipinski definition) is 10. The summed E-state index contributed by atoms with van der Waals surface area (Å²) in [5.41, 5.74) is 2.02. The molecule has 1 saturated heterocycles. The van der Waals surface area contributed by atoms with E-state index in [9.17, 15) is 14.4 Å². The van der Waals surface area contributed by atoms with Gasteiger partial charge in [-0.15, -0.1) is 10.2 Å². The Hall–Kier alpha value is -4.40. The minimum atomic E-state index is -0.512. The number of benzene rings is 1. The van der Waals surface area contributed by atoms with E-state index in [4.69, 9.17) is 9.47 Å². The molecule has 17 heteroatoms. The summed E-state index contributed by atoms with van der Waals surface area (Å²) in [4.78, 5) is 41.3. The van der Waals surface area contributed by atoms with Crippen LogP contribution in [0.2, 0.25) is 0 Å². The Kier molecular flexibility index (Phi) is 8.47. The summed E-state index contributed by atoms with van der Waals surface area (Å²) in [5, 5.41) is 25.4. The summed E-state index contributed by atoms with van der Waals surface area (Å²) >= 11 is 0. The molecule has 3 aromatic rings. The maximum absolute atomic E-state index is 13.1. The van der Waals surface area contributed by atoms with Gasteiger partial charge in [0.25, 0.3) is 5.91 Å². The van der Waals surface area contributed by atoms with E-state index in [1.807, 2.05) is 29.6 Å². The number of hydrogen-bond donors (Lipinski definition) is 3. The van der Waals surface area contributed by atoms with Gasteiger partial charge in [0.05, 0.1) is 37.9 Å². The number of carbonyl (C=O) groups excluding carboxylic acids is 3. The van der Waals surface area contributed by atoms with Crippen LogP contribution in [0.4, 0.5) is 17.2 Å². The molecule has 216 valence electrons. The number of nitrogens with zero attached hydrogens (tertiary/aromatic N) is 6. The molecule has 1 aliphatic carbocycles. The fourth-order valence-corrected chi connectivity index (χ4v) is 4.42. The lowest BCUT2D eigenvalue weighted by Crippen LogP contribution is -2.50. The first kappa shape index (κ1) is 29.1. The van der Waals surface area contributed by atoms with Gasteiger partial charge in [0.15, 0.2) is 17.3 Å². The van der Waals surface area contributed by atoms with Crippen molar-refractivity contribution in [3.05, 3.63) is 36.2 Å². The van der Waals surface area contributed by atoms with Crippen LogP contribution in [0.25, 0.3) is 11.3 Å². The Balaban J connectivity index is 1.42. The molecule has 1 aliphatic heterocycles. The average Bonchev–Trinajstić information content (AvgIpc) is 3.71. The summed E-state index contributed by atoms with van der Waals surface area (Å²) in [6.45, 7) is 2.12. The molecule has 2 fully saturated rings. The van der Waals surface area contributed by atoms with Gasteiger partial charge in [-0.25, -0.2) is 0 Å². The van der Waals surface area contributed by atoms with Gasteiger partial charge in [-0.3, -0.25) is 14.4 Å². The van der Waals surface area contributed by atoms with Gasteiger partial charge in [0.1, 0.15) is 35.8 Å². The number of rotatable bonds is 10. The number of para-hydroxylation sites is 1. The molecule has 0 bridgehead atoms. The van der Waals surface area contributed by atoms with E-state index in [-0.39, 0.29) is 35.8 Å². The minimum Gasteiger partial charge on any atom is -0.494 e. The second-order valence-electron chi connectivity index (χ2n) is 11.2. The number of aromatic nitrogens is 5. The summed E-state index contributed by atoms with van der Waals surface area (Å²) < 4.78 is 11.1. The van der Waals surface area contributed by atoms with Crippen LogP contribution in [0.15, 0.2) is 30.5 Å². The zero-order valence-electron chi connectivity index (χ0n) is 24.1. The number of amides is 3. The van der Waals surface area contributed by atoms with Crippen LogP contribution in [0.5, 0.6) is 5.75 Å². The van der Waals surface area contributed by atoms with Crippen molar-refractivity contribution in [2.75, 3.05) is 44.0 Å². The second-order valence-corrected chi connectivity index (χ2v) is 11.2. The first-order valence-electron chi connectivity index (χ1n) is 13.8. The zero-order valence-corrected chi connectivity index (χ0v) is 24.1. The largest absolute Gasteiger partial charge is 0.494 e. The molecule has 3 N–H and O–H groups in total. The highest BCUT2D eigenvalue weighted by atomic mass is 16.5. The van der Waals surface area contributed by atoms with E-state index < -0.39 is 11.1 Å². The lowest BCUT2D eigenvalue weighted by atomic mass is 9.49. The molecule has 3 amide bonds. The first-order valence-corrected chi connectivity index (χ1v) is 13.8. The maximum Gasteiger partial charge on any atom is 0.272 e. The molecule has 1 aromatic carbocycles. The van der Waals surface area contributed by atoms with Crippen molar-refractivity contribution in [2.45, 2.75) is 24.6 Å². The fraction of sp³-hybridized carbons (Fsp3) is 0.400. The molecule has 5 rings (SSSR count). The van der Waals surface area contributed by atoms with E-state index >= 15 is 0 Å². The average molecular weight is 571 g/mol. The smallest absolute Gasteiger partial charge is 0.272 e. The van der Waals surface area contributed by atoms with Gasteiger partial charge in [-0.1, -0.05) is 6.07 Å². The third-order valence-corrected chi connectivity index (χ3v) is 6.64. The molecule has 42 heavy (non-hydrogen) atoms. The molecule has 0 atom stereocenters. The fourth-order valence-electron chi connectivity index (χ4n) is 4.42. The van der Waals surface area contributed by atoms with E-state index in [0.29, 0.717) is 54.7 Å². The molecular weight excluding hydrogens is 539 g/mol. The van der Waals surface area contributed by atoms with E-state index in [1.165, 1.54) is 11.9 Å². The van der Waals surface area contributed by atoms with Crippen molar-refractivity contribution in [3.63, 3.8) is 0 Å². The minimum absolute atomic E-state index is 0.00451. The van der Waals surface area contributed by atoms with Gasteiger partial charge < -0.3 is 30.3 Å². The van der Waals surface area contributed by atoms with Gasteiger partial charge in [0, 0.05) is 30.6 Å². The number of morpholine rings is 1. The zero-order chi connectivity index (χ0) is 29.9. The summed E-state index contributed by atoms with van der Waals surface area (Å²) in [6, 6.07) is 6.98. The standard InChI is InChI=1S/C25H32B3N9O5/c1-41-22-15(18-12-29-37(35-18)13-20(38)36-7-9-42-10-8-36)3-2-4-16(22)30-17-11-19(31-23(39)14-5-6-14)33-34-21(17)24(40)32-25(26,27)28/h2-4,11-12,14H,5-10,13,26-28H2,1H3,(H,32,40)(H2,30,31,33,39). The molecule has 14 nitrogen and oxygen atoms in total. The van der Waals surface area contributed by atoms with E-state index in [0.717, 1.165) is 12.8 Å². The van der Waals surface area contributed by atoms with E-state index in [2.05, 4.69) is 36.3 Å². The van der Waals surface area contributed by atoms with Crippen LogP contribution in [0.3, 0.4) is 0 Å². The first-order chi connectivity index (χ1) is 20.1. The Morgan fingerprint density at radius 2 is 1.88 bits per heavy atom. The van der Waals surface area contributed by atoms with Crippen molar-refractivity contribution in [1.82, 2.24) is 35.4 Å². The normalized spacial score (nSPS) is 15.1. The highest BCUT2D eigenvalue weighted by Crippen LogP contribution is 2.38. The Morgan fingerprint density at radius 3 is 2.57 bits per heavy atom. The van der Waals surface area contributed by atoms with Crippen LogP contribution in [-0.2, 0) is 20.9 Å². The van der Waals surface area contributed by atoms with Crippen molar-refractivity contribution >= 4 is 58.5 Å². The lowest BCUT2D eigenvalue weighted by Gasteiger charge is -2.26. The molecular formula is C25H32B3N9O5. The van der Waals surface area contributed by atoms with Crippen LogP contribution in [0, 0.1) is 5.92 Å². The van der Waals surface area contributed by atoms with Gasteiger partial charge in [-0.2, -0.15) is 15.0 Å². The quantitative estimate of drug-likeness (QED) is 0.231. The molecule has 0 radical (unpaired) electrons. The number of carbonyl (C=O) groups is 3. The van der Waals surface area contributed by atoms with Gasteiger partial charge >= 0.3 is 0 Å². The predicted molar refractivity (Wildman–Crippen MR) is 162 cm³/mol. The number of methoxy groups -OCH3 is 1. The monoisotopic (exact) mass is 571 g/mol. The molecule has 0 spiro atoms. The highest BCUT2D eigenvalue weighted by Gasteiger charge is 2.30. The number of anilines is 3. The van der Waals surface area contributed by atoms with Crippen molar-refractivity contribution < 1.29 is 23.9 Å². The summed E-state index contributed by atoms with van der Waals surface area (Å²) in [5.74, 6) is -0.00565. The van der Waals surface area contributed by atoms with Crippen molar-refractivity contribution in [1.29, 1.82) is 0 Å². The predicted octanol–water partition coefficient (Wildman–Crippen LogP) is -2.06. The Labute approximate surface area is 245 Å². The van der Waals surface area contributed by atoms with Gasteiger partial charge in [0.2, 0.25) is 11.8 Å². The third-order valence-electron chi connectivity index (χ3n) is 6.64. The molecule has 2 aromatic heterocycles. The molecule has 2 aliphatic rings. The topological polar surface area (TPSA) is 165 Å². The second kappa shape index (κ2) is 12.2. The maximum atomic E-state index is 13.1. The lowest BCUT2D eigenvalue weighted by molar-refractivity contribution is -0.136. The van der Waals surface area contributed by atoms with Gasteiger partial charge in [-0.05, 0) is 30.2 Å². The Morgan fingerprint density at radius 1 is 1.12 bits per heavy atom. The number of nitrogens with one attached hydrogen (secondary N) is 3. The summed E-state index contributed by atoms with van der Waals surface area (Å²) in [6.07, 6.45) is 3.24. The molecule has 3 heterocycles. The van der Waals surface area contributed by atoms with Crippen LogP contribution in [-0.4, -0.2) is 110 Å². The Bertz CT molecular complexity index is 1490. The van der Waals surface area contributed by atoms with Crippen LogP contribution < -0.4 is 20.7 Å². The summed E-state index contributed by atoms with van der Waals surface area (Å²) in [7, 11) is 7.12. The highest BCUT2D eigenvalue weighted by molar-refractivity contribution is 6.60. The van der Waals surface area contributed by atoms with Crippen molar-refractivity contribution in [3.8, 4) is 17.0 Å².